The van der Waals surface area contributed by atoms with Gasteiger partial charge in [0.1, 0.15) is 5.69 Å². The lowest BCUT2D eigenvalue weighted by Gasteiger charge is -2.15. The third-order valence-corrected chi connectivity index (χ3v) is 11.3. The summed E-state index contributed by atoms with van der Waals surface area (Å²) in [5.74, 6) is 0. The maximum Gasteiger partial charge on any atom is 0.107 e. The van der Waals surface area contributed by atoms with Crippen molar-refractivity contribution in [3.63, 3.8) is 0 Å². The average molecular weight is 581 g/mol. The Morgan fingerprint density at radius 3 is 1.57 bits per heavy atom. The average Bonchev–Trinajstić information content (AvgIpc) is 3.67. The highest BCUT2D eigenvalue weighted by atomic mass is 32.1. The van der Waals surface area contributed by atoms with Gasteiger partial charge in [0, 0.05) is 30.6 Å². The van der Waals surface area contributed by atoms with E-state index in [0.29, 0.717) is 0 Å². The van der Waals surface area contributed by atoms with Crippen LogP contribution in [0.3, 0.4) is 0 Å². The van der Waals surface area contributed by atoms with E-state index in [9.17, 15) is 0 Å². The number of nitrogens with zero attached hydrogens (tertiary/aromatic N) is 1. The molecule has 0 unspecified atom stereocenters. The molecule has 5 aromatic rings. The minimum absolute atomic E-state index is 0.0735. The molecule has 40 heavy (non-hydrogen) atoms. The number of hydrogen-bond acceptors (Lipinski definition) is 5. The van der Waals surface area contributed by atoms with Gasteiger partial charge < -0.3 is 5.73 Å². The van der Waals surface area contributed by atoms with E-state index >= 15 is 0 Å². The number of anilines is 1. The molecule has 0 saturated heterocycles. The maximum absolute atomic E-state index is 7.03. The zero-order valence-electron chi connectivity index (χ0n) is 24.0. The molecule has 5 heteroatoms. The fourth-order valence-electron chi connectivity index (χ4n) is 4.41. The van der Waals surface area contributed by atoms with Gasteiger partial charge in [-0.25, -0.2) is 4.99 Å². The van der Waals surface area contributed by atoms with Crippen LogP contribution in [-0.4, -0.2) is 5.71 Å². The van der Waals surface area contributed by atoms with Crippen LogP contribution >= 0.6 is 34.0 Å². The Morgan fingerprint density at radius 1 is 0.625 bits per heavy atom. The molecule has 0 aliphatic carbocycles. The van der Waals surface area contributed by atoms with Crippen molar-refractivity contribution >= 4 is 56.7 Å². The van der Waals surface area contributed by atoms with E-state index in [4.69, 9.17) is 10.7 Å². The molecule has 0 atom stereocenters. The Morgan fingerprint density at radius 2 is 1.10 bits per heavy atom. The highest BCUT2D eigenvalue weighted by Crippen LogP contribution is 2.53. The van der Waals surface area contributed by atoms with Crippen LogP contribution in [0.5, 0.6) is 0 Å². The number of allylic oxidation sites excluding steroid dienone is 1. The van der Waals surface area contributed by atoms with E-state index in [0.717, 1.165) is 43.5 Å². The number of aliphatic imine (C=N–C) groups is 1. The molecule has 2 aromatic carbocycles. The standard InChI is InChI=1S/C35H36N2S3/c1-22(23-14-10-8-11-15-23)30(24-16-12-9-13-17-24)37-31-29(36)32(25-18-20-27(38-25)34(2,3)4)40-33(31)26-19-21-28(39-26)35(5,6)7/h8-21H,1,36H2,2-7H3. The first-order chi connectivity index (χ1) is 18.9. The Balaban J connectivity index is 1.74. The summed E-state index contributed by atoms with van der Waals surface area (Å²) in [6.07, 6.45) is 0. The molecule has 2 nitrogen and oxygen atoms in total. The molecule has 0 aliphatic rings. The monoisotopic (exact) mass is 580 g/mol. The largest absolute Gasteiger partial charge is 0.396 e. The second-order valence-electron chi connectivity index (χ2n) is 12.0. The minimum atomic E-state index is 0.0735. The molecule has 0 spiro atoms. The zero-order chi connectivity index (χ0) is 28.7. The molecule has 0 saturated carbocycles. The number of nitrogens with two attached hydrogens (primary N) is 1. The molecule has 0 fully saturated rings. The van der Waals surface area contributed by atoms with Crippen molar-refractivity contribution in [3.05, 3.63) is 112 Å². The van der Waals surface area contributed by atoms with Gasteiger partial charge >= 0.3 is 0 Å². The summed E-state index contributed by atoms with van der Waals surface area (Å²) in [6.45, 7) is 18.0. The predicted molar refractivity (Wildman–Crippen MR) is 181 cm³/mol. The molecule has 5 rings (SSSR count). The van der Waals surface area contributed by atoms with Crippen LogP contribution in [0.25, 0.3) is 25.1 Å². The summed E-state index contributed by atoms with van der Waals surface area (Å²) in [5, 5.41) is 0. The van der Waals surface area contributed by atoms with Crippen molar-refractivity contribution in [3.8, 4) is 19.5 Å². The van der Waals surface area contributed by atoms with E-state index in [1.54, 1.807) is 11.3 Å². The Bertz CT molecular complexity index is 1670. The molecule has 3 heterocycles. The van der Waals surface area contributed by atoms with Gasteiger partial charge in [0.15, 0.2) is 0 Å². The van der Waals surface area contributed by atoms with Crippen LogP contribution < -0.4 is 5.73 Å². The maximum atomic E-state index is 7.03. The van der Waals surface area contributed by atoms with Gasteiger partial charge in [-0.3, -0.25) is 0 Å². The highest BCUT2D eigenvalue weighted by Gasteiger charge is 2.25. The number of thiophene rings is 3. The molecule has 2 N–H and O–H groups in total. The van der Waals surface area contributed by atoms with Crippen LogP contribution in [0.15, 0.2) is 96.5 Å². The van der Waals surface area contributed by atoms with Crippen LogP contribution in [0, 0.1) is 0 Å². The predicted octanol–water partition coefficient (Wildman–Crippen LogP) is 11.2. The highest BCUT2D eigenvalue weighted by molar-refractivity contribution is 7.27. The zero-order valence-corrected chi connectivity index (χ0v) is 26.5. The fraction of sp³-hybridized carbons (Fsp3) is 0.229. The Kier molecular flexibility index (Phi) is 7.75. The van der Waals surface area contributed by atoms with Gasteiger partial charge in [-0.1, -0.05) is 109 Å². The lowest BCUT2D eigenvalue weighted by atomic mass is 9.95. The van der Waals surface area contributed by atoms with E-state index in [1.165, 1.54) is 19.5 Å². The molecular formula is C35H36N2S3. The van der Waals surface area contributed by atoms with Crippen LogP contribution in [0.1, 0.15) is 62.4 Å². The van der Waals surface area contributed by atoms with Gasteiger partial charge in [-0.2, -0.15) is 0 Å². The second kappa shape index (κ2) is 11.0. The minimum Gasteiger partial charge on any atom is -0.396 e. The first-order valence-electron chi connectivity index (χ1n) is 13.5. The topological polar surface area (TPSA) is 38.4 Å². The quantitative estimate of drug-likeness (QED) is 0.199. The normalized spacial score (nSPS) is 12.6. The van der Waals surface area contributed by atoms with Gasteiger partial charge in [0.25, 0.3) is 0 Å². The number of benzene rings is 2. The first-order valence-corrected chi connectivity index (χ1v) is 15.9. The summed E-state index contributed by atoms with van der Waals surface area (Å²) in [5.41, 5.74) is 12.5. The number of rotatable bonds is 6. The molecule has 204 valence electrons. The van der Waals surface area contributed by atoms with E-state index in [1.807, 2.05) is 59.1 Å². The third-order valence-electron chi connectivity index (χ3n) is 6.74. The van der Waals surface area contributed by atoms with Gasteiger partial charge in [-0.15, -0.1) is 34.0 Å². The summed E-state index contributed by atoms with van der Waals surface area (Å²) in [7, 11) is 0. The van der Waals surface area contributed by atoms with Crippen LogP contribution in [0.2, 0.25) is 0 Å². The van der Waals surface area contributed by atoms with Gasteiger partial charge in [0.05, 0.1) is 21.2 Å². The molecule has 0 amide bonds. The Hall–Kier alpha value is -3.25. The lowest BCUT2D eigenvalue weighted by molar-refractivity contribution is 0.603. The van der Waals surface area contributed by atoms with Crippen molar-refractivity contribution in [2.45, 2.75) is 52.4 Å². The molecule has 0 aliphatic heterocycles. The summed E-state index contributed by atoms with van der Waals surface area (Å²) in [6, 6.07) is 29.5. The molecule has 0 radical (unpaired) electrons. The smallest absolute Gasteiger partial charge is 0.107 e. The first kappa shape index (κ1) is 28.3. The van der Waals surface area contributed by atoms with E-state index in [2.05, 4.69) is 96.7 Å². The van der Waals surface area contributed by atoms with Crippen LogP contribution in [0.4, 0.5) is 11.4 Å². The van der Waals surface area contributed by atoms with Crippen molar-refractivity contribution in [1.29, 1.82) is 0 Å². The second-order valence-corrected chi connectivity index (χ2v) is 15.2. The summed E-state index contributed by atoms with van der Waals surface area (Å²) < 4.78 is 0. The summed E-state index contributed by atoms with van der Waals surface area (Å²) in [4.78, 5) is 12.6. The van der Waals surface area contributed by atoms with E-state index < -0.39 is 0 Å². The van der Waals surface area contributed by atoms with Gasteiger partial charge in [-0.05, 0) is 40.7 Å². The van der Waals surface area contributed by atoms with Gasteiger partial charge in [0.2, 0.25) is 0 Å². The van der Waals surface area contributed by atoms with Crippen molar-refractivity contribution in [2.24, 2.45) is 4.99 Å². The fourth-order valence-corrected chi connectivity index (χ4v) is 7.94. The van der Waals surface area contributed by atoms with E-state index in [-0.39, 0.29) is 10.8 Å². The Labute approximate surface area is 250 Å². The van der Waals surface area contributed by atoms with Crippen molar-refractivity contribution in [2.75, 3.05) is 5.73 Å². The molecule has 3 aromatic heterocycles. The summed E-state index contributed by atoms with van der Waals surface area (Å²) >= 11 is 5.39. The van der Waals surface area contributed by atoms with Crippen molar-refractivity contribution < 1.29 is 0 Å². The third kappa shape index (κ3) is 5.78. The van der Waals surface area contributed by atoms with Crippen molar-refractivity contribution in [1.82, 2.24) is 0 Å². The SMILES string of the molecule is C=C(C(=Nc1c(-c2ccc(C(C)(C)C)s2)sc(-c2ccc(C(C)(C)C)s2)c1N)c1ccccc1)c1ccccc1. The molecular weight excluding hydrogens is 545 g/mol. The lowest BCUT2D eigenvalue weighted by Crippen LogP contribution is -2.07. The molecule has 0 bridgehead atoms. The number of nitrogen functional groups attached to an aromatic ring is 1. The number of hydrogen-bond donors (Lipinski definition) is 1. The van der Waals surface area contributed by atoms with Crippen LogP contribution in [-0.2, 0) is 10.8 Å².